The average molecular weight is 523 g/mol. The van der Waals surface area contributed by atoms with E-state index < -0.39 is 0 Å². The van der Waals surface area contributed by atoms with Crippen molar-refractivity contribution in [2.45, 2.75) is 13.0 Å². The Hall–Kier alpha value is -4.83. The third-order valence-electron chi connectivity index (χ3n) is 6.89. The summed E-state index contributed by atoms with van der Waals surface area (Å²) >= 11 is 0. The molecular formula is C29H26N6O4. The number of benzene rings is 3. The van der Waals surface area contributed by atoms with E-state index in [0.29, 0.717) is 67.1 Å². The fraction of sp³-hybridized carbons (Fsp3) is 0.207. The summed E-state index contributed by atoms with van der Waals surface area (Å²) < 4.78 is 7.05. The van der Waals surface area contributed by atoms with Gasteiger partial charge in [-0.25, -0.2) is 5.10 Å². The first kappa shape index (κ1) is 24.5. The zero-order valence-electron chi connectivity index (χ0n) is 21.1. The minimum Gasteiger partial charge on any atom is -0.378 e. The highest BCUT2D eigenvalue weighted by Gasteiger charge is 2.20. The molecule has 10 nitrogen and oxygen atoms in total. The van der Waals surface area contributed by atoms with Crippen LogP contribution in [0.5, 0.6) is 0 Å². The van der Waals surface area contributed by atoms with E-state index in [1.807, 2.05) is 54.6 Å². The highest BCUT2D eigenvalue weighted by Crippen LogP contribution is 2.26. The highest BCUT2D eigenvalue weighted by atomic mass is 16.5. The fourth-order valence-corrected chi connectivity index (χ4v) is 4.87. The number of nitrogens with zero attached hydrogens (tertiary/aromatic N) is 4. The number of nitrogens with one attached hydrogen (secondary N) is 2. The Labute approximate surface area is 223 Å². The maximum absolute atomic E-state index is 13.3. The number of aryl methyl sites for hydroxylation is 1. The molecule has 2 amide bonds. The number of amides is 2. The van der Waals surface area contributed by atoms with E-state index in [1.165, 1.54) is 0 Å². The Balaban J connectivity index is 1.20. The molecule has 0 radical (unpaired) electrons. The van der Waals surface area contributed by atoms with Crippen LogP contribution >= 0.6 is 0 Å². The summed E-state index contributed by atoms with van der Waals surface area (Å²) in [5, 5.41) is 16.3. The van der Waals surface area contributed by atoms with Crippen LogP contribution < -0.4 is 10.9 Å². The first-order chi connectivity index (χ1) is 19.1. The molecular weight excluding hydrogens is 496 g/mol. The van der Waals surface area contributed by atoms with Crippen LogP contribution in [0.4, 0.5) is 5.69 Å². The minimum atomic E-state index is -0.343. The first-order valence-electron chi connectivity index (χ1n) is 12.8. The van der Waals surface area contributed by atoms with Crippen molar-refractivity contribution in [1.29, 1.82) is 0 Å². The van der Waals surface area contributed by atoms with Gasteiger partial charge in [-0.15, -0.1) is 0 Å². The molecule has 0 saturated carbocycles. The molecule has 1 aliphatic rings. The number of morpholine rings is 1. The number of fused-ring (bicyclic) bond motifs is 2. The fourth-order valence-electron chi connectivity index (χ4n) is 4.87. The Bertz CT molecular complexity index is 1730. The molecule has 39 heavy (non-hydrogen) atoms. The van der Waals surface area contributed by atoms with E-state index in [2.05, 4.69) is 20.6 Å². The molecule has 0 atom stereocenters. The molecule has 0 aliphatic carbocycles. The first-order valence-corrected chi connectivity index (χ1v) is 12.8. The third kappa shape index (κ3) is 4.89. The van der Waals surface area contributed by atoms with Crippen LogP contribution in [0.1, 0.15) is 16.9 Å². The van der Waals surface area contributed by atoms with Gasteiger partial charge >= 0.3 is 0 Å². The molecule has 1 aliphatic heterocycles. The number of anilines is 1. The van der Waals surface area contributed by atoms with Crippen molar-refractivity contribution in [3.05, 3.63) is 88.8 Å². The predicted molar refractivity (Wildman–Crippen MR) is 148 cm³/mol. The molecule has 2 N–H and O–H groups in total. The van der Waals surface area contributed by atoms with Gasteiger partial charge in [-0.1, -0.05) is 48.5 Å². The van der Waals surface area contributed by atoms with E-state index >= 15 is 0 Å². The third-order valence-corrected chi connectivity index (χ3v) is 6.89. The second kappa shape index (κ2) is 10.5. The number of carbonyl (C=O) groups is 2. The van der Waals surface area contributed by atoms with Gasteiger partial charge in [-0.05, 0) is 24.3 Å². The normalized spacial score (nSPS) is 13.6. The van der Waals surface area contributed by atoms with Crippen molar-refractivity contribution < 1.29 is 14.3 Å². The molecule has 0 unspecified atom stereocenters. The van der Waals surface area contributed by atoms with Gasteiger partial charge in [0.25, 0.3) is 11.5 Å². The summed E-state index contributed by atoms with van der Waals surface area (Å²) in [5.74, 6) is -0.293. The second-order valence-electron chi connectivity index (χ2n) is 9.31. The maximum atomic E-state index is 13.3. The molecule has 3 heterocycles. The van der Waals surface area contributed by atoms with Gasteiger partial charge in [0, 0.05) is 41.5 Å². The summed E-state index contributed by atoms with van der Waals surface area (Å²) in [5.41, 5.74) is 2.90. The molecule has 2 aromatic heterocycles. The van der Waals surface area contributed by atoms with Crippen LogP contribution in [0, 0.1) is 0 Å². The average Bonchev–Trinajstić information content (AvgIpc) is 3.36. The number of ether oxygens (including phenoxy) is 1. The maximum Gasteiger partial charge on any atom is 0.276 e. The number of H-pyrrole nitrogens is 1. The SMILES string of the molecule is O=C(Nc1ccc(-c2n[nH]c(=O)c3ccccc23)cc1)c1nn(CCC(=O)N2CCOCC2)c2ccccc12. The van der Waals surface area contributed by atoms with Gasteiger partial charge in [0.05, 0.1) is 36.4 Å². The summed E-state index contributed by atoms with van der Waals surface area (Å²) in [7, 11) is 0. The van der Waals surface area contributed by atoms with Crippen LogP contribution in [-0.4, -0.2) is 63.0 Å². The number of hydrogen-bond donors (Lipinski definition) is 2. The molecule has 1 saturated heterocycles. The number of para-hydroxylation sites is 1. The summed E-state index contributed by atoms with van der Waals surface area (Å²) in [6.45, 7) is 2.68. The van der Waals surface area contributed by atoms with Crippen LogP contribution in [0.25, 0.3) is 32.9 Å². The number of carbonyl (C=O) groups excluding carboxylic acids is 2. The Kier molecular flexibility index (Phi) is 6.60. The topological polar surface area (TPSA) is 122 Å². The molecule has 10 heteroatoms. The lowest BCUT2D eigenvalue weighted by Crippen LogP contribution is -2.41. The zero-order valence-corrected chi connectivity index (χ0v) is 21.1. The molecule has 0 bridgehead atoms. The van der Waals surface area contributed by atoms with Crippen molar-refractivity contribution in [2.75, 3.05) is 31.6 Å². The van der Waals surface area contributed by atoms with E-state index in [0.717, 1.165) is 16.5 Å². The lowest BCUT2D eigenvalue weighted by Gasteiger charge is -2.26. The zero-order chi connectivity index (χ0) is 26.8. The van der Waals surface area contributed by atoms with Crippen molar-refractivity contribution in [3.63, 3.8) is 0 Å². The molecule has 196 valence electrons. The van der Waals surface area contributed by atoms with Gasteiger partial charge < -0.3 is 15.0 Å². The van der Waals surface area contributed by atoms with Crippen molar-refractivity contribution in [3.8, 4) is 11.3 Å². The molecule has 0 spiro atoms. The Morgan fingerprint density at radius 2 is 1.59 bits per heavy atom. The molecule has 5 aromatic rings. The Morgan fingerprint density at radius 3 is 2.36 bits per heavy atom. The molecule has 3 aromatic carbocycles. The number of aromatic amines is 1. The monoisotopic (exact) mass is 522 g/mol. The van der Waals surface area contributed by atoms with Crippen LogP contribution in [-0.2, 0) is 16.1 Å². The molecule has 6 rings (SSSR count). The van der Waals surface area contributed by atoms with E-state index in [-0.39, 0.29) is 17.4 Å². The summed E-state index contributed by atoms with van der Waals surface area (Å²) in [4.78, 5) is 39.8. The van der Waals surface area contributed by atoms with Crippen molar-refractivity contribution in [2.24, 2.45) is 0 Å². The van der Waals surface area contributed by atoms with Gasteiger partial charge in [-0.3, -0.25) is 19.1 Å². The number of aromatic nitrogens is 4. The largest absolute Gasteiger partial charge is 0.378 e. The van der Waals surface area contributed by atoms with Gasteiger partial charge in [0.1, 0.15) is 0 Å². The van der Waals surface area contributed by atoms with Gasteiger partial charge in [0.15, 0.2) is 5.69 Å². The van der Waals surface area contributed by atoms with Gasteiger partial charge in [-0.2, -0.15) is 10.2 Å². The van der Waals surface area contributed by atoms with Crippen molar-refractivity contribution in [1.82, 2.24) is 24.9 Å². The van der Waals surface area contributed by atoms with E-state index in [1.54, 1.807) is 27.8 Å². The van der Waals surface area contributed by atoms with Crippen LogP contribution in [0.15, 0.2) is 77.6 Å². The Morgan fingerprint density at radius 1 is 0.897 bits per heavy atom. The smallest absolute Gasteiger partial charge is 0.276 e. The lowest BCUT2D eigenvalue weighted by molar-refractivity contribution is -0.135. The van der Waals surface area contributed by atoms with Crippen molar-refractivity contribution >= 4 is 39.2 Å². The highest BCUT2D eigenvalue weighted by molar-refractivity contribution is 6.11. The number of hydrogen-bond acceptors (Lipinski definition) is 6. The summed E-state index contributed by atoms with van der Waals surface area (Å²) in [6, 6.07) is 22.1. The standard InChI is InChI=1S/C29H26N6O4/c36-25(34-15-17-39-18-16-34)13-14-35-24-8-4-3-7-23(24)27(33-35)29(38)30-20-11-9-19(10-12-20)26-21-5-1-2-6-22(21)28(37)32-31-26/h1-12H,13-18H2,(H,30,38)(H,32,37). The minimum absolute atomic E-state index is 0.0498. The van der Waals surface area contributed by atoms with E-state index in [9.17, 15) is 14.4 Å². The lowest BCUT2D eigenvalue weighted by atomic mass is 10.0. The van der Waals surface area contributed by atoms with Crippen LogP contribution in [0.2, 0.25) is 0 Å². The molecule has 1 fully saturated rings. The van der Waals surface area contributed by atoms with Gasteiger partial charge in [0.2, 0.25) is 5.91 Å². The van der Waals surface area contributed by atoms with E-state index in [4.69, 9.17) is 4.74 Å². The number of rotatable bonds is 6. The quantitative estimate of drug-likeness (QED) is 0.352. The van der Waals surface area contributed by atoms with Crippen LogP contribution in [0.3, 0.4) is 0 Å². The summed E-state index contributed by atoms with van der Waals surface area (Å²) in [6.07, 6.45) is 0.293. The predicted octanol–water partition coefficient (Wildman–Crippen LogP) is 3.44. The second-order valence-corrected chi connectivity index (χ2v) is 9.31.